The number of aromatic nitrogens is 2. The van der Waals surface area contributed by atoms with Crippen LogP contribution in [0.15, 0.2) is 24.3 Å². The highest BCUT2D eigenvalue weighted by Crippen LogP contribution is 2.44. The zero-order valence-electron chi connectivity index (χ0n) is 23.8. The predicted molar refractivity (Wildman–Crippen MR) is 160 cm³/mol. The van der Waals surface area contributed by atoms with Gasteiger partial charge in [0, 0.05) is 43.1 Å². The third-order valence-electron chi connectivity index (χ3n) is 9.26. The molecule has 2 unspecified atom stereocenters. The molecule has 3 heterocycles. The standard InChI is InChI=1S/C29H41ClN6O4S/c1-40-29(38)32-23-9-7-20(8-10-23)25-26(30)34-27(33-25)24-15-22(19-11-13-35(14-12-19)41(2)39)17-36(24)28(37)21-5-3-18(16-31)4-6-21/h7-10,18-19,21-22,24H,3-6,11-17,31H2,1-2H3,(H,32,38)(H,33,34)/t18?,21?,22-,24?,41?/m0/s1. The molecule has 3 fully saturated rings. The summed E-state index contributed by atoms with van der Waals surface area (Å²) >= 11 is 6.69. The number of likely N-dealkylation sites (tertiary alicyclic amines) is 1. The zero-order valence-corrected chi connectivity index (χ0v) is 25.4. The van der Waals surface area contributed by atoms with Gasteiger partial charge >= 0.3 is 6.09 Å². The van der Waals surface area contributed by atoms with Gasteiger partial charge in [-0.05, 0) is 81.4 Å². The number of ether oxygens (including phenoxy) is 1. The third-order valence-corrected chi connectivity index (χ3v) is 10.6. The zero-order chi connectivity index (χ0) is 29.1. The molecule has 1 aromatic carbocycles. The number of rotatable bonds is 7. The predicted octanol–water partition coefficient (Wildman–Crippen LogP) is 4.57. The minimum Gasteiger partial charge on any atom is -0.453 e. The number of carbonyl (C=O) groups excluding carboxylic acids is 2. The van der Waals surface area contributed by atoms with Crippen LogP contribution in [0.5, 0.6) is 0 Å². The third kappa shape index (κ3) is 6.79. The highest BCUT2D eigenvalue weighted by molar-refractivity contribution is 7.81. The van der Waals surface area contributed by atoms with Crippen molar-refractivity contribution < 1.29 is 18.5 Å². The summed E-state index contributed by atoms with van der Waals surface area (Å²) in [6.07, 6.45) is 7.76. The Morgan fingerprint density at radius 3 is 2.41 bits per heavy atom. The van der Waals surface area contributed by atoms with Gasteiger partial charge in [0.2, 0.25) is 5.91 Å². The van der Waals surface area contributed by atoms with Gasteiger partial charge in [-0.1, -0.05) is 23.7 Å². The molecule has 1 aromatic heterocycles. The summed E-state index contributed by atoms with van der Waals surface area (Å²) in [7, 11) is 0.370. The minimum absolute atomic E-state index is 0.0168. The Morgan fingerprint density at radius 1 is 1.12 bits per heavy atom. The van der Waals surface area contributed by atoms with E-state index in [4.69, 9.17) is 22.3 Å². The van der Waals surface area contributed by atoms with Gasteiger partial charge in [0.1, 0.15) is 16.7 Å². The molecular weight excluding hydrogens is 564 g/mol. The maximum atomic E-state index is 14.0. The van der Waals surface area contributed by atoms with E-state index in [1.165, 1.54) is 7.11 Å². The largest absolute Gasteiger partial charge is 0.453 e. The fraction of sp³-hybridized carbons (Fsp3) is 0.621. The topological polar surface area (TPSA) is 134 Å². The van der Waals surface area contributed by atoms with Crippen LogP contribution in [0.3, 0.4) is 0 Å². The van der Waals surface area contributed by atoms with Gasteiger partial charge in [-0.2, -0.15) is 0 Å². The number of nitrogens with one attached hydrogen (secondary N) is 2. The van der Waals surface area contributed by atoms with Crippen LogP contribution in [0, 0.1) is 23.7 Å². The van der Waals surface area contributed by atoms with E-state index in [0.717, 1.165) is 63.6 Å². The number of hydrogen-bond acceptors (Lipinski definition) is 6. The number of anilines is 1. The molecule has 2 aliphatic heterocycles. The Labute approximate surface area is 249 Å². The lowest BCUT2D eigenvalue weighted by atomic mass is 9.81. The first-order chi connectivity index (χ1) is 19.8. The second-order valence-corrected chi connectivity index (χ2v) is 13.4. The lowest BCUT2D eigenvalue weighted by Crippen LogP contribution is -2.40. The molecule has 2 saturated heterocycles. The summed E-state index contributed by atoms with van der Waals surface area (Å²) in [5, 5.41) is 3.06. The van der Waals surface area contributed by atoms with Gasteiger partial charge in [-0.15, -0.1) is 0 Å². The Hall–Kier alpha value is -2.47. The van der Waals surface area contributed by atoms with Gasteiger partial charge in [0.05, 0.1) is 24.1 Å². The first-order valence-corrected chi connectivity index (χ1v) is 16.5. The molecule has 41 heavy (non-hydrogen) atoms. The lowest BCUT2D eigenvalue weighted by molar-refractivity contribution is -0.138. The second kappa shape index (κ2) is 13.2. The molecule has 10 nitrogen and oxygen atoms in total. The van der Waals surface area contributed by atoms with Crippen molar-refractivity contribution in [3.8, 4) is 11.3 Å². The van der Waals surface area contributed by atoms with Crippen LogP contribution in [-0.4, -0.2) is 74.9 Å². The molecule has 3 aliphatic rings. The number of aromatic amines is 1. The van der Waals surface area contributed by atoms with Crippen molar-refractivity contribution in [1.82, 2.24) is 19.2 Å². The first-order valence-electron chi connectivity index (χ1n) is 14.6. The van der Waals surface area contributed by atoms with Crippen LogP contribution in [-0.2, 0) is 20.5 Å². The number of methoxy groups -OCH3 is 1. The summed E-state index contributed by atoms with van der Waals surface area (Å²) in [6, 6.07) is 7.05. The Balaban J connectivity index is 1.36. The van der Waals surface area contributed by atoms with Crippen LogP contribution in [0.2, 0.25) is 5.15 Å². The van der Waals surface area contributed by atoms with E-state index < -0.39 is 17.1 Å². The number of hydrogen-bond donors (Lipinski definition) is 3. The molecule has 2 aromatic rings. The first kappa shape index (κ1) is 30.0. The lowest BCUT2D eigenvalue weighted by Gasteiger charge is -2.34. The number of piperidine rings is 1. The molecule has 3 atom stereocenters. The maximum absolute atomic E-state index is 14.0. The molecule has 4 N–H and O–H groups in total. The van der Waals surface area contributed by atoms with E-state index in [0.29, 0.717) is 53.2 Å². The van der Waals surface area contributed by atoms with Crippen molar-refractivity contribution in [3.63, 3.8) is 0 Å². The molecule has 12 heteroatoms. The SMILES string of the molecule is COC(=O)Nc1ccc(-c2nc(C3C[C@H](C4CCN(S(C)=O)CC4)CN3C(=O)C3CCC(CN)CC3)[nH]c2Cl)cc1. The van der Waals surface area contributed by atoms with Crippen LogP contribution in [0.1, 0.15) is 56.8 Å². The van der Waals surface area contributed by atoms with Crippen molar-refractivity contribution in [2.24, 2.45) is 29.4 Å². The van der Waals surface area contributed by atoms with Crippen LogP contribution in [0.4, 0.5) is 10.5 Å². The number of nitrogens with two attached hydrogens (primary N) is 1. The summed E-state index contributed by atoms with van der Waals surface area (Å²) in [5.74, 6) is 2.28. The number of halogens is 1. The van der Waals surface area contributed by atoms with Crippen molar-refractivity contribution in [1.29, 1.82) is 0 Å². The quantitative estimate of drug-likeness (QED) is 0.424. The highest BCUT2D eigenvalue weighted by atomic mass is 35.5. The molecule has 224 valence electrons. The summed E-state index contributed by atoms with van der Waals surface area (Å²) < 4.78 is 18.7. The van der Waals surface area contributed by atoms with Gasteiger partial charge in [0.25, 0.3) is 0 Å². The molecule has 1 aliphatic carbocycles. The van der Waals surface area contributed by atoms with Crippen molar-refractivity contribution in [3.05, 3.63) is 35.2 Å². The van der Waals surface area contributed by atoms with E-state index >= 15 is 0 Å². The van der Waals surface area contributed by atoms with Crippen molar-refractivity contribution >= 4 is 40.3 Å². The second-order valence-electron chi connectivity index (χ2n) is 11.6. The Bertz CT molecular complexity index is 1240. The summed E-state index contributed by atoms with van der Waals surface area (Å²) in [4.78, 5) is 35.8. The van der Waals surface area contributed by atoms with Crippen molar-refractivity contribution in [2.75, 3.05) is 44.9 Å². The Morgan fingerprint density at radius 2 is 1.80 bits per heavy atom. The number of amides is 2. The van der Waals surface area contributed by atoms with E-state index in [2.05, 4.69) is 19.9 Å². The average Bonchev–Trinajstić information content (AvgIpc) is 3.61. The Kier molecular flexibility index (Phi) is 9.68. The van der Waals surface area contributed by atoms with E-state index in [1.807, 2.05) is 16.4 Å². The van der Waals surface area contributed by atoms with Gasteiger partial charge in [0.15, 0.2) is 0 Å². The molecule has 0 bridgehead atoms. The van der Waals surface area contributed by atoms with E-state index in [9.17, 15) is 13.8 Å². The molecule has 0 radical (unpaired) electrons. The van der Waals surface area contributed by atoms with Gasteiger partial charge in [-0.3, -0.25) is 10.1 Å². The monoisotopic (exact) mass is 604 g/mol. The molecule has 5 rings (SSSR count). The molecule has 2 amide bonds. The molecule has 0 spiro atoms. The van der Waals surface area contributed by atoms with E-state index in [-0.39, 0.29) is 17.9 Å². The van der Waals surface area contributed by atoms with E-state index in [1.54, 1.807) is 18.4 Å². The maximum Gasteiger partial charge on any atom is 0.411 e. The summed E-state index contributed by atoms with van der Waals surface area (Å²) in [6.45, 7) is 3.04. The van der Waals surface area contributed by atoms with Crippen LogP contribution < -0.4 is 11.1 Å². The average molecular weight is 605 g/mol. The summed E-state index contributed by atoms with van der Waals surface area (Å²) in [5.41, 5.74) is 7.93. The fourth-order valence-electron chi connectivity index (χ4n) is 6.80. The highest BCUT2D eigenvalue weighted by Gasteiger charge is 2.44. The normalized spacial score (nSPS) is 26.6. The number of H-pyrrole nitrogens is 1. The molecular formula is C29H41ClN6O4S. The number of benzene rings is 1. The van der Waals surface area contributed by atoms with Gasteiger partial charge < -0.3 is 20.4 Å². The van der Waals surface area contributed by atoms with Crippen LogP contribution >= 0.6 is 11.6 Å². The smallest absolute Gasteiger partial charge is 0.411 e. The number of imidazole rings is 1. The fourth-order valence-corrected chi connectivity index (χ4v) is 7.77. The van der Waals surface area contributed by atoms with Crippen molar-refractivity contribution in [2.45, 2.75) is 51.0 Å². The van der Waals surface area contributed by atoms with Crippen LogP contribution in [0.25, 0.3) is 11.3 Å². The minimum atomic E-state index is -0.947. The molecule has 1 saturated carbocycles. The number of nitrogens with zero attached hydrogens (tertiary/aromatic N) is 3. The van der Waals surface area contributed by atoms with Gasteiger partial charge in [-0.25, -0.2) is 18.3 Å². The number of carbonyl (C=O) groups is 2.